The molecule has 2 rings (SSSR count). The van der Waals surface area contributed by atoms with E-state index in [1.54, 1.807) is 0 Å². The van der Waals surface area contributed by atoms with Gasteiger partial charge in [-0.1, -0.05) is 6.07 Å². The fraction of sp³-hybridized carbons (Fsp3) is 0.583. The van der Waals surface area contributed by atoms with E-state index < -0.39 is 0 Å². The molecule has 3 nitrogen and oxygen atoms in total. The van der Waals surface area contributed by atoms with Crippen molar-refractivity contribution in [1.82, 2.24) is 10.3 Å². The Bertz CT molecular complexity index is 289. The van der Waals surface area contributed by atoms with Crippen molar-refractivity contribution in [2.45, 2.75) is 38.5 Å². The second-order valence-electron chi connectivity index (χ2n) is 4.10. The third kappa shape index (κ3) is 3.29. The average Bonchev–Trinajstić information content (AvgIpc) is 2.28. The minimum absolute atomic E-state index is 0.389. The molecule has 0 spiro atoms. The van der Waals surface area contributed by atoms with Crippen LogP contribution in [0, 0.1) is 0 Å². The van der Waals surface area contributed by atoms with Crippen molar-refractivity contribution in [2.75, 3.05) is 6.61 Å². The summed E-state index contributed by atoms with van der Waals surface area (Å²) in [5.41, 5.74) is 1.11. The molecule has 1 N–H and O–H groups in total. The first-order valence-corrected chi connectivity index (χ1v) is 5.59. The van der Waals surface area contributed by atoms with Gasteiger partial charge in [-0.25, -0.2) is 0 Å². The van der Waals surface area contributed by atoms with Gasteiger partial charge in [0.05, 0.1) is 11.8 Å². The number of nitrogens with zero attached hydrogens (tertiary/aromatic N) is 1. The zero-order valence-corrected chi connectivity index (χ0v) is 9.15. The Morgan fingerprint density at radius 3 is 3.20 bits per heavy atom. The smallest absolute Gasteiger partial charge is 0.0561 e. The van der Waals surface area contributed by atoms with Crippen molar-refractivity contribution in [3.63, 3.8) is 0 Å². The molecule has 0 saturated carbocycles. The fourth-order valence-corrected chi connectivity index (χ4v) is 1.94. The second kappa shape index (κ2) is 5.24. The summed E-state index contributed by atoms with van der Waals surface area (Å²) in [7, 11) is 0. The van der Waals surface area contributed by atoms with Gasteiger partial charge < -0.3 is 10.1 Å². The first-order chi connectivity index (χ1) is 7.34. The number of pyridine rings is 1. The molecule has 1 aromatic rings. The number of hydrogen-bond donors (Lipinski definition) is 1. The average molecular weight is 206 g/mol. The van der Waals surface area contributed by atoms with E-state index in [0.717, 1.165) is 31.7 Å². The number of nitrogens with one attached hydrogen (secondary N) is 1. The molecule has 15 heavy (non-hydrogen) atoms. The van der Waals surface area contributed by atoms with Crippen molar-refractivity contribution in [3.8, 4) is 0 Å². The summed E-state index contributed by atoms with van der Waals surface area (Å²) < 4.78 is 5.50. The predicted octanol–water partition coefficient (Wildman–Crippen LogP) is 1.74. The second-order valence-corrected chi connectivity index (χ2v) is 4.10. The Morgan fingerprint density at radius 2 is 2.47 bits per heavy atom. The Balaban J connectivity index is 1.78. The van der Waals surface area contributed by atoms with Crippen LogP contribution in [0.25, 0.3) is 0 Å². The van der Waals surface area contributed by atoms with E-state index in [4.69, 9.17) is 4.74 Å². The summed E-state index contributed by atoms with van der Waals surface area (Å²) >= 11 is 0. The molecule has 82 valence electrons. The molecule has 2 atom stereocenters. The van der Waals surface area contributed by atoms with Gasteiger partial charge in [0.2, 0.25) is 0 Å². The molecular formula is C12H18N2O. The minimum atomic E-state index is 0.389. The van der Waals surface area contributed by atoms with Crippen LogP contribution >= 0.6 is 0 Å². The first kappa shape index (κ1) is 10.6. The molecule has 2 unspecified atom stereocenters. The van der Waals surface area contributed by atoms with E-state index in [0.29, 0.717) is 12.1 Å². The summed E-state index contributed by atoms with van der Waals surface area (Å²) in [6.07, 6.45) is 4.44. The Morgan fingerprint density at radius 1 is 1.53 bits per heavy atom. The molecule has 1 aliphatic heterocycles. The van der Waals surface area contributed by atoms with Gasteiger partial charge in [0.25, 0.3) is 0 Å². The Hall–Kier alpha value is -0.930. The highest BCUT2D eigenvalue weighted by molar-refractivity contribution is 5.03. The van der Waals surface area contributed by atoms with Gasteiger partial charge in [0.1, 0.15) is 0 Å². The van der Waals surface area contributed by atoms with E-state index in [-0.39, 0.29) is 0 Å². The number of rotatable bonds is 3. The van der Waals surface area contributed by atoms with E-state index in [2.05, 4.69) is 23.3 Å². The number of ether oxygens (including phenoxy) is 1. The lowest BCUT2D eigenvalue weighted by atomic mass is 10.0. The van der Waals surface area contributed by atoms with Crippen molar-refractivity contribution >= 4 is 0 Å². The zero-order chi connectivity index (χ0) is 10.5. The van der Waals surface area contributed by atoms with Gasteiger partial charge in [-0.2, -0.15) is 0 Å². The molecule has 2 heterocycles. The molecule has 1 aromatic heterocycles. The predicted molar refractivity (Wildman–Crippen MR) is 59.5 cm³/mol. The van der Waals surface area contributed by atoms with Gasteiger partial charge in [0.15, 0.2) is 0 Å². The van der Waals surface area contributed by atoms with Crippen LogP contribution in [0.5, 0.6) is 0 Å². The van der Waals surface area contributed by atoms with Crippen molar-refractivity contribution in [1.29, 1.82) is 0 Å². The van der Waals surface area contributed by atoms with E-state index in [1.807, 2.05) is 18.3 Å². The van der Waals surface area contributed by atoms with Crippen LogP contribution in [-0.2, 0) is 11.3 Å². The molecule has 1 aliphatic rings. The largest absolute Gasteiger partial charge is 0.378 e. The van der Waals surface area contributed by atoms with E-state index in [1.165, 1.54) is 0 Å². The highest BCUT2D eigenvalue weighted by Gasteiger charge is 2.18. The van der Waals surface area contributed by atoms with Crippen LogP contribution in [-0.4, -0.2) is 23.7 Å². The summed E-state index contributed by atoms with van der Waals surface area (Å²) in [5.74, 6) is 0. The molecule has 0 aliphatic carbocycles. The van der Waals surface area contributed by atoms with Crippen molar-refractivity contribution in [2.24, 2.45) is 0 Å². The quantitative estimate of drug-likeness (QED) is 0.818. The van der Waals surface area contributed by atoms with E-state index >= 15 is 0 Å². The summed E-state index contributed by atoms with van der Waals surface area (Å²) in [6, 6.07) is 6.60. The Labute approximate surface area is 90.9 Å². The summed E-state index contributed by atoms with van der Waals surface area (Å²) in [4.78, 5) is 4.29. The fourth-order valence-electron chi connectivity index (χ4n) is 1.94. The van der Waals surface area contributed by atoms with Gasteiger partial charge >= 0.3 is 0 Å². The highest BCUT2D eigenvalue weighted by Crippen LogP contribution is 2.13. The molecule has 0 radical (unpaired) electrons. The highest BCUT2D eigenvalue weighted by atomic mass is 16.5. The normalized spacial score (nSPS) is 26.5. The number of hydrogen-bond acceptors (Lipinski definition) is 3. The molecular weight excluding hydrogens is 188 g/mol. The van der Waals surface area contributed by atoms with Gasteiger partial charge in [-0.15, -0.1) is 0 Å². The lowest BCUT2D eigenvalue weighted by Gasteiger charge is -2.27. The van der Waals surface area contributed by atoms with Crippen LogP contribution in [0.1, 0.15) is 25.5 Å². The topological polar surface area (TPSA) is 34.2 Å². The van der Waals surface area contributed by atoms with Crippen LogP contribution < -0.4 is 5.32 Å². The summed E-state index contributed by atoms with van der Waals surface area (Å²) in [5, 5.41) is 3.53. The van der Waals surface area contributed by atoms with Crippen molar-refractivity contribution < 1.29 is 4.74 Å². The minimum Gasteiger partial charge on any atom is -0.378 e. The Kier molecular flexibility index (Phi) is 3.69. The molecule has 1 fully saturated rings. The van der Waals surface area contributed by atoms with Crippen LogP contribution in [0.4, 0.5) is 0 Å². The van der Waals surface area contributed by atoms with Gasteiger partial charge in [-0.05, 0) is 31.9 Å². The van der Waals surface area contributed by atoms with Crippen molar-refractivity contribution in [3.05, 3.63) is 30.1 Å². The molecule has 0 aromatic carbocycles. The van der Waals surface area contributed by atoms with Gasteiger partial charge in [0, 0.05) is 25.4 Å². The van der Waals surface area contributed by atoms with E-state index in [9.17, 15) is 0 Å². The van der Waals surface area contributed by atoms with Gasteiger partial charge in [-0.3, -0.25) is 4.98 Å². The standard InChI is InChI=1S/C12H18N2O/c1-10-8-11(5-7-15-10)14-9-12-4-2-3-6-13-12/h2-4,6,10-11,14H,5,7-9H2,1H3. The molecule has 0 bridgehead atoms. The SMILES string of the molecule is CC1CC(NCc2ccccn2)CCO1. The monoisotopic (exact) mass is 206 g/mol. The van der Waals surface area contributed by atoms with Crippen LogP contribution in [0.3, 0.4) is 0 Å². The van der Waals surface area contributed by atoms with Crippen LogP contribution in [0.2, 0.25) is 0 Å². The molecule has 1 saturated heterocycles. The number of aromatic nitrogens is 1. The summed E-state index contributed by atoms with van der Waals surface area (Å²) in [6.45, 7) is 3.87. The lowest BCUT2D eigenvalue weighted by Crippen LogP contribution is -2.37. The lowest BCUT2D eigenvalue weighted by molar-refractivity contribution is 0.0130. The first-order valence-electron chi connectivity index (χ1n) is 5.59. The molecule has 3 heteroatoms. The maximum Gasteiger partial charge on any atom is 0.0561 e. The maximum atomic E-state index is 5.50. The molecule has 0 amide bonds. The zero-order valence-electron chi connectivity index (χ0n) is 9.15. The third-order valence-corrected chi connectivity index (χ3v) is 2.78. The van der Waals surface area contributed by atoms with Crippen LogP contribution in [0.15, 0.2) is 24.4 Å². The third-order valence-electron chi connectivity index (χ3n) is 2.78. The maximum absolute atomic E-state index is 5.50.